The zero-order chi connectivity index (χ0) is 52.2. The van der Waals surface area contributed by atoms with Gasteiger partial charge in [-0.15, -0.1) is 0 Å². The Balaban J connectivity index is 4.04. The smallest absolute Gasteiger partial charge is 0.306 e. The average molecular weight is 1010 g/mol. The SMILES string of the molecule is CC/C=C\C/C=C\C/C=C\C/C=C\CCCCCCCCCCCCCCCCCCC(=O)OCC(COC(=O)CCCCCCCCC)OC(=O)CCCCCCCCCCCCCCCCCCCC. The quantitative estimate of drug-likeness (QED) is 0.0261. The Bertz CT molecular complexity index is 1250. The second-order valence-electron chi connectivity index (χ2n) is 21.3. The molecule has 6 heteroatoms. The minimum absolute atomic E-state index is 0.0673. The summed E-state index contributed by atoms with van der Waals surface area (Å²) >= 11 is 0. The van der Waals surface area contributed by atoms with E-state index in [4.69, 9.17) is 14.2 Å². The van der Waals surface area contributed by atoms with Crippen molar-refractivity contribution < 1.29 is 28.6 Å². The van der Waals surface area contributed by atoms with Gasteiger partial charge in [0.15, 0.2) is 6.10 Å². The summed E-state index contributed by atoms with van der Waals surface area (Å²) in [6.07, 6.45) is 75.8. The van der Waals surface area contributed by atoms with Crippen LogP contribution in [-0.2, 0) is 28.6 Å². The van der Waals surface area contributed by atoms with Crippen molar-refractivity contribution in [1.82, 2.24) is 0 Å². The Labute approximate surface area is 448 Å². The second-order valence-corrected chi connectivity index (χ2v) is 21.3. The van der Waals surface area contributed by atoms with E-state index in [1.807, 2.05) is 0 Å². The Morgan fingerprint density at radius 3 is 0.847 bits per heavy atom. The fraction of sp³-hybridized carbons (Fsp3) is 0.833. The lowest BCUT2D eigenvalue weighted by Crippen LogP contribution is -2.30. The maximum atomic E-state index is 12.8. The third-order valence-corrected chi connectivity index (χ3v) is 14.1. The summed E-state index contributed by atoms with van der Waals surface area (Å²) < 4.78 is 16.8. The van der Waals surface area contributed by atoms with Crippen LogP contribution < -0.4 is 0 Å². The molecule has 0 aromatic heterocycles. The van der Waals surface area contributed by atoms with E-state index >= 15 is 0 Å². The van der Waals surface area contributed by atoms with Crippen molar-refractivity contribution >= 4 is 17.9 Å². The number of ether oxygens (including phenoxy) is 3. The van der Waals surface area contributed by atoms with Gasteiger partial charge in [-0.25, -0.2) is 0 Å². The molecule has 0 aliphatic carbocycles. The summed E-state index contributed by atoms with van der Waals surface area (Å²) in [6, 6.07) is 0. The third-order valence-electron chi connectivity index (χ3n) is 14.1. The lowest BCUT2D eigenvalue weighted by Gasteiger charge is -2.18. The molecule has 0 radical (unpaired) electrons. The van der Waals surface area contributed by atoms with Crippen molar-refractivity contribution in [3.05, 3.63) is 48.6 Å². The first-order chi connectivity index (χ1) is 35.5. The van der Waals surface area contributed by atoms with Gasteiger partial charge in [0.2, 0.25) is 0 Å². The number of hydrogen-bond donors (Lipinski definition) is 0. The topological polar surface area (TPSA) is 78.9 Å². The Morgan fingerprint density at radius 1 is 0.292 bits per heavy atom. The predicted octanol–water partition coefficient (Wildman–Crippen LogP) is 21.4. The zero-order valence-corrected chi connectivity index (χ0v) is 48.2. The molecule has 0 bridgehead atoms. The van der Waals surface area contributed by atoms with Gasteiger partial charge < -0.3 is 14.2 Å². The van der Waals surface area contributed by atoms with E-state index in [0.29, 0.717) is 19.3 Å². The number of hydrogen-bond acceptors (Lipinski definition) is 6. The largest absolute Gasteiger partial charge is 0.462 e. The number of carbonyl (C=O) groups is 3. The van der Waals surface area contributed by atoms with Crippen LogP contribution in [0.5, 0.6) is 0 Å². The van der Waals surface area contributed by atoms with Crippen molar-refractivity contribution in [3.63, 3.8) is 0 Å². The third kappa shape index (κ3) is 58.3. The van der Waals surface area contributed by atoms with Crippen LogP contribution in [0.4, 0.5) is 0 Å². The maximum Gasteiger partial charge on any atom is 0.306 e. The summed E-state index contributed by atoms with van der Waals surface area (Å²) in [7, 11) is 0. The molecule has 0 fully saturated rings. The summed E-state index contributed by atoms with van der Waals surface area (Å²) in [5.74, 6) is -0.853. The molecule has 0 N–H and O–H groups in total. The first-order valence-electron chi connectivity index (χ1n) is 31.6. The van der Waals surface area contributed by atoms with Gasteiger partial charge >= 0.3 is 17.9 Å². The van der Waals surface area contributed by atoms with Gasteiger partial charge in [-0.2, -0.15) is 0 Å². The van der Waals surface area contributed by atoms with Crippen LogP contribution in [0.25, 0.3) is 0 Å². The average Bonchev–Trinajstić information content (AvgIpc) is 3.38. The van der Waals surface area contributed by atoms with Crippen molar-refractivity contribution in [2.75, 3.05) is 13.2 Å². The fourth-order valence-corrected chi connectivity index (χ4v) is 9.38. The maximum absolute atomic E-state index is 12.8. The van der Waals surface area contributed by atoms with Gasteiger partial charge in [-0.05, 0) is 57.8 Å². The molecule has 0 aliphatic heterocycles. The fourth-order valence-electron chi connectivity index (χ4n) is 9.38. The number of esters is 3. The molecule has 1 unspecified atom stereocenters. The van der Waals surface area contributed by atoms with Gasteiger partial charge in [0.1, 0.15) is 13.2 Å². The van der Waals surface area contributed by atoms with Crippen molar-refractivity contribution in [2.24, 2.45) is 0 Å². The van der Waals surface area contributed by atoms with Crippen LogP contribution >= 0.6 is 0 Å². The van der Waals surface area contributed by atoms with Gasteiger partial charge in [0.05, 0.1) is 0 Å². The Hall–Kier alpha value is -2.63. The molecule has 0 aromatic rings. The van der Waals surface area contributed by atoms with Crippen LogP contribution in [0.1, 0.15) is 335 Å². The first-order valence-corrected chi connectivity index (χ1v) is 31.6. The predicted molar refractivity (Wildman–Crippen MR) is 312 cm³/mol. The molecule has 0 saturated heterocycles. The second kappa shape index (κ2) is 60.9. The van der Waals surface area contributed by atoms with E-state index in [1.165, 1.54) is 212 Å². The normalized spacial score (nSPS) is 12.3. The molecule has 0 amide bonds. The van der Waals surface area contributed by atoms with E-state index < -0.39 is 6.10 Å². The monoisotopic (exact) mass is 1010 g/mol. The number of carbonyl (C=O) groups excluding carboxylic acids is 3. The molecule has 6 nitrogen and oxygen atoms in total. The summed E-state index contributed by atoms with van der Waals surface area (Å²) in [6.45, 7) is 6.54. The summed E-state index contributed by atoms with van der Waals surface area (Å²) in [4.78, 5) is 38.0. The number of unbranched alkanes of at least 4 members (excludes halogenated alkanes) is 39. The first kappa shape index (κ1) is 69.4. The van der Waals surface area contributed by atoms with Crippen LogP contribution in [0.15, 0.2) is 48.6 Å². The minimum atomic E-state index is -0.766. The van der Waals surface area contributed by atoms with Gasteiger partial charge in [0.25, 0.3) is 0 Å². The molecular weight excluding hydrogens is 889 g/mol. The van der Waals surface area contributed by atoms with Gasteiger partial charge in [-0.3, -0.25) is 14.4 Å². The van der Waals surface area contributed by atoms with Gasteiger partial charge in [-0.1, -0.05) is 307 Å². The van der Waals surface area contributed by atoms with E-state index in [1.54, 1.807) is 0 Å². The Morgan fingerprint density at radius 2 is 0.542 bits per heavy atom. The summed E-state index contributed by atoms with van der Waals surface area (Å²) in [5, 5.41) is 0. The highest BCUT2D eigenvalue weighted by Crippen LogP contribution is 2.18. The molecule has 1 atom stereocenters. The van der Waals surface area contributed by atoms with Gasteiger partial charge in [0, 0.05) is 19.3 Å². The molecule has 0 heterocycles. The number of allylic oxidation sites excluding steroid dienone is 8. The Kier molecular flexibility index (Phi) is 58.7. The van der Waals surface area contributed by atoms with E-state index in [2.05, 4.69) is 69.4 Å². The molecule has 0 rings (SSSR count). The molecule has 72 heavy (non-hydrogen) atoms. The lowest BCUT2D eigenvalue weighted by molar-refractivity contribution is -0.167. The van der Waals surface area contributed by atoms with E-state index in [9.17, 15) is 14.4 Å². The summed E-state index contributed by atoms with van der Waals surface area (Å²) in [5.41, 5.74) is 0. The van der Waals surface area contributed by atoms with Crippen molar-refractivity contribution in [1.29, 1.82) is 0 Å². The van der Waals surface area contributed by atoms with E-state index in [0.717, 1.165) is 83.5 Å². The molecule has 0 aliphatic rings. The van der Waals surface area contributed by atoms with Crippen molar-refractivity contribution in [3.8, 4) is 0 Å². The highest BCUT2D eigenvalue weighted by molar-refractivity contribution is 5.71. The molecule has 0 saturated carbocycles. The molecule has 420 valence electrons. The highest BCUT2D eigenvalue weighted by atomic mass is 16.6. The van der Waals surface area contributed by atoms with Crippen LogP contribution in [0, 0.1) is 0 Å². The molecule has 0 spiro atoms. The van der Waals surface area contributed by atoms with Crippen molar-refractivity contribution in [2.45, 2.75) is 341 Å². The molecule has 0 aromatic carbocycles. The van der Waals surface area contributed by atoms with E-state index in [-0.39, 0.29) is 31.1 Å². The standard InChI is InChI=1S/C66H120O6/c1-4-7-10-13-16-18-20-22-24-26-28-29-30-31-32-33-34-35-36-37-38-40-41-43-45-47-50-53-56-59-65(68)71-62-63(61-70-64(67)58-55-52-49-15-12-9-6-3)72-66(69)60-57-54-51-48-46-44-42-39-27-25-23-21-19-17-14-11-8-5-2/h7,10,16,18,22,24,28-29,63H,4-6,8-9,11-15,17,19-21,23,25-27,30-62H2,1-3H3/b10-7-,18-16-,24-22-,29-28-. The minimum Gasteiger partial charge on any atom is -0.462 e. The van der Waals surface area contributed by atoms with Crippen LogP contribution in [0.2, 0.25) is 0 Å². The zero-order valence-electron chi connectivity index (χ0n) is 48.2. The molecular formula is C66H120O6. The highest BCUT2D eigenvalue weighted by Gasteiger charge is 2.19. The lowest BCUT2D eigenvalue weighted by atomic mass is 10.0. The number of rotatable bonds is 58. The van der Waals surface area contributed by atoms with Crippen LogP contribution in [0.3, 0.4) is 0 Å². The van der Waals surface area contributed by atoms with Crippen LogP contribution in [-0.4, -0.2) is 37.2 Å².